The average Bonchev–Trinajstić information content (AvgIpc) is 2.76. The van der Waals surface area contributed by atoms with Crippen molar-refractivity contribution in [1.82, 2.24) is 20.0 Å². The third-order valence-corrected chi connectivity index (χ3v) is 2.39. The van der Waals surface area contributed by atoms with E-state index in [9.17, 15) is 4.79 Å². The van der Waals surface area contributed by atoms with Crippen LogP contribution in [-0.2, 0) is 6.54 Å². The van der Waals surface area contributed by atoms with Crippen LogP contribution in [0.15, 0.2) is 42.7 Å². The van der Waals surface area contributed by atoms with Gasteiger partial charge in [0.15, 0.2) is 0 Å². The zero-order valence-electron chi connectivity index (χ0n) is 10.3. The number of nitrogens with zero attached hydrogens (tertiary/aromatic N) is 2. The van der Waals surface area contributed by atoms with Gasteiger partial charge in [-0.2, -0.15) is 0 Å². The van der Waals surface area contributed by atoms with Crippen LogP contribution in [0.1, 0.15) is 12.6 Å². The van der Waals surface area contributed by atoms with Crippen LogP contribution in [0.25, 0.3) is 5.65 Å². The number of fused-ring (bicyclic) bond motifs is 1. The van der Waals surface area contributed by atoms with E-state index < -0.39 is 0 Å². The molecule has 0 fully saturated rings. The first-order chi connectivity index (χ1) is 8.65. The highest BCUT2D eigenvalue weighted by Gasteiger charge is 2.03. The number of rotatable bonds is 4. The lowest BCUT2D eigenvalue weighted by molar-refractivity contribution is 0.241. The van der Waals surface area contributed by atoms with E-state index >= 15 is 0 Å². The number of carbonyl (C=O) groups excluding carboxylic acids is 1. The highest BCUT2D eigenvalue weighted by Crippen LogP contribution is 2.03. The van der Waals surface area contributed by atoms with Crippen molar-refractivity contribution in [3.05, 3.63) is 48.4 Å². The normalized spacial score (nSPS) is 10.3. The molecule has 2 heterocycles. The molecule has 0 aliphatic heterocycles. The van der Waals surface area contributed by atoms with Crippen LogP contribution in [-0.4, -0.2) is 22.0 Å². The molecule has 5 heteroatoms. The van der Waals surface area contributed by atoms with Crippen LogP contribution in [0.3, 0.4) is 0 Å². The van der Waals surface area contributed by atoms with E-state index in [0.717, 1.165) is 16.9 Å². The molecule has 2 rings (SSSR count). The van der Waals surface area contributed by atoms with Gasteiger partial charge < -0.3 is 15.0 Å². The van der Waals surface area contributed by atoms with Crippen LogP contribution in [0.4, 0.5) is 4.79 Å². The standard InChI is InChI=1S/C13H16N4O/c1-10(2)7-14-13(18)15-8-11-9-17-6-4-3-5-12(17)16-11/h3-6,9H,1,7-8H2,2H3,(H2,14,15,18). The Hall–Kier alpha value is -2.30. The Kier molecular flexibility index (Phi) is 3.62. The van der Waals surface area contributed by atoms with E-state index in [4.69, 9.17) is 0 Å². The summed E-state index contributed by atoms with van der Waals surface area (Å²) in [5.41, 5.74) is 2.61. The molecule has 2 N–H and O–H groups in total. The zero-order chi connectivity index (χ0) is 13.0. The van der Waals surface area contributed by atoms with Crippen molar-refractivity contribution in [2.24, 2.45) is 0 Å². The van der Waals surface area contributed by atoms with Crippen molar-refractivity contribution in [2.45, 2.75) is 13.5 Å². The van der Waals surface area contributed by atoms with Gasteiger partial charge in [0.2, 0.25) is 0 Å². The Balaban J connectivity index is 1.90. The van der Waals surface area contributed by atoms with Crippen LogP contribution in [0.5, 0.6) is 0 Å². The van der Waals surface area contributed by atoms with Crippen molar-refractivity contribution >= 4 is 11.7 Å². The van der Waals surface area contributed by atoms with Crippen LogP contribution in [0.2, 0.25) is 0 Å². The maximum atomic E-state index is 11.4. The minimum absolute atomic E-state index is 0.213. The van der Waals surface area contributed by atoms with Gasteiger partial charge in [-0.05, 0) is 19.1 Å². The van der Waals surface area contributed by atoms with E-state index in [1.165, 1.54) is 0 Å². The predicted octanol–water partition coefficient (Wildman–Crippen LogP) is 1.71. The number of hydrogen-bond donors (Lipinski definition) is 2. The summed E-state index contributed by atoms with van der Waals surface area (Å²) in [7, 11) is 0. The lowest BCUT2D eigenvalue weighted by Gasteiger charge is -2.05. The average molecular weight is 244 g/mol. The molecular weight excluding hydrogens is 228 g/mol. The first kappa shape index (κ1) is 12.2. The number of nitrogens with one attached hydrogen (secondary N) is 2. The van der Waals surface area contributed by atoms with Gasteiger partial charge in [0.05, 0.1) is 12.2 Å². The van der Waals surface area contributed by atoms with Crippen molar-refractivity contribution in [3.8, 4) is 0 Å². The Morgan fingerprint density at radius 2 is 2.28 bits per heavy atom. The van der Waals surface area contributed by atoms with Crippen molar-refractivity contribution in [3.63, 3.8) is 0 Å². The number of imidazole rings is 1. The lowest BCUT2D eigenvalue weighted by Crippen LogP contribution is -2.35. The van der Waals surface area contributed by atoms with Gasteiger partial charge in [-0.3, -0.25) is 0 Å². The van der Waals surface area contributed by atoms with E-state index in [2.05, 4.69) is 22.2 Å². The third-order valence-electron chi connectivity index (χ3n) is 2.39. The first-order valence-electron chi connectivity index (χ1n) is 5.74. The molecule has 0 spiro atoms. The molecule has 2 aromatic heterocycles. The van der Waals surface area contributed by atoms with Gasteiger partial charge in [-0.25, -0.2) is 9.78 Å². The van der Waals surface area contributed by atoms with Crippen LogP contribution in [0, 0.1) is 0 Å². The minimum atomic E-state index is -0.213. The third kappa shape index (κ3) is 3.10. The summed E-state index contributed by atoms with van der Waals surface area (Å²) in [5, 5.41) is 5.45. The molecule has 0 radical (unpaired) electrons. The number of aromatic nitrogens is 2. The number of hydrogen-bond acceptors (Lipinski definition) is 2. The number of carbonyl (C=O) groups is 1. The SMILES string of the molecule is C=C(C)CNC(=O)NCc1cn2ccccc2n1. The van der Waals surface area contributed by atoms with Gasteiger partial charge in [-0.1, -0.05) is 18.2 Å². The Morgan fingerprint density at radius 3 is 3.00 bits per heavy atom. The minimum Gasteiger partial charge on any atom is -0.334 e. The van der Waals surface area contributed by atoms with E-state index in [1.807, 2.05) is 41.9 Å². The molecule has 0 aromatic carbocycles. The summed E-state index contributed by atoms with van der Waals surface area (Å²) < 4.78 is 1.92. The first-order valence-corrected chi connectivity index (χ1v) is 5.74. The summed E-state index contributed by atoms with van der Waals surface area (Å²) in [4.78, 5) is 15.8. The second-order valence-electron chi connectivity index (χ2n) is 4.19. The van der Waals surface area contributed by atoms with Crippen molar-refractivity contribution in [1.29, 1.82) is 0 Å². The summed E-state index contributed by atoms with van der Waals surface area (Å²) in [6.07, 6.45) is 3.82. The van der Waals surface area contributed by atoms with E-state index in [0.29, 0.717) is 13.1 Å². The maximum Gasteiger partial charge on any atom is 0.315 e. The number of urea groups is 1. The van der Waals surface area contributed by atoms with Crippen molar-refractivity contribution in [2.75, 3.05) is 6.54 Å². The number of pyridine rings is 1. The Morgan fingerprint density at radius 1 is 1.44 bits per heavy atom. The fourth-order valence-corrected chi connectivity index (χ4v) is 1.54. The largest absolute Gasteiger partial charge is 0.334 e. The fourth-order valence-electron chi connectivity index (χ4n) is 1.54. The van der Waals surface area contributed by atoms with E-state index in [1.54, 1.807) is 0 Å². The highest BCUT2D eigenvalue weighted by molar-refractivity contribution is 5.74. The molecule has 0 bridgehead atoms. The molecule has 2 amide bonds. The topological polar surface area (TPSA) is 58.4 Å². The molecule has 2 aromatic rings. The van der Waals surface area contributed by atoms with Gasteiger partial charge in [-0.15, -0.1) is 0 Å². The summed E-state index contributed by atoms with van der Waals surface area (Å²) >= 11 is 0. The second kappa shape index (κ2) is 5.35. The Bertz CT molecular complexity index is 540. The lowest BCUT2D eigenvalue weighted by atomic mass is 10.3. The second-order valence-corrected chi connectivity index (χ2v) is 4.19. The molecular formula is C13H16N4O. The molecule has 0 unspecified atom stereocenters. The van der Waals surface area contributed by atoms with E-state index in [-0.39, 0.29) is 6.03 Å². The molecule has 0 saturated heterocycles. The van der Waals surface area contributed by atoms with Crippen LogP contribution < -0.4 is 10.6 Å². The molecule has 0 saturated carbocycles. The van der Waals surface area contributed by atoms with Gasteiger partial charge >= 0.3 is 6.03 Å². The molecule has 5 nitrogen and oxygen atoms in total. The van der Waals surface area contributed by atoms with Gasteiger partial charge in [0, 0.05) is 18.9 Å². The molecule has 0 atom stereocenters. The maximum absolute atomic E-state index is 11.4. The quantitative estimate of drug-likeness (QED) is 0.804. The molecule has 18 heavy (non-hydrogen) atoms. The molecule has 0 aliphatic rings. The predicted molar refractivity (Wildman–Crippen MR) is 70.2 cm³/mol. The van der Waals surface area contributed by atoms with Gasteiger partial charge in [0.25, 0.3) is 0 Å². The van der Waals surface area contributed by atoms with Crippen LogP contribution >= 0.6 is 0 Å². The Labute approximate surface area is 106 Å². The number of amides is 2. The van der Waals surface area contributed by atoms with Gasteiger partial charge in [0.1, 0.15) is 5.65 Å². The molecule has 94 valence electrons. The fraction of sp³-hybridized carbons (Fsp3) is 0.231. The molecule has 0 aliphatic carbocycles. The monoisotopic (exact) mass is 244 g/mol. The van der Waals surface area contributed by atoms with Crippen molar-refractivity contribution < 1.29 is 4.79 Å². The highest BCUT2D eigenvalue weighted by atomic mass is 16.2. The summed E-state index contributed by atoms with van der Waals surface area (Å²) in [6, 6.07) is 5.57. The smallest absolute Gasteiger partial charge is 0.315 e. The zero-order valence-corrected chi connectivity index (χ0v) is 10.3. The summed E-state index contributed by atoms with van der Waals surface area (Å²) in [6.45, 7) is 6.47. The summed E-state index contributed by atoms with van der Waals surface area (Å²) in [5.74, 6) is 0.